The molecule has 1 fully saturated rings. The fraction of sp³-hybridized carbons (Fsp3) is 0.565. The van der Waals surface area contributed by atoms with Gasteiger partial charge < -0.3 is 15.4 Å². The summed E-state index contributed by atoms with van der Waals surface area (Å²) in [5, 5.41) is 10.2. The minimum absolute atomic E-state index is 0. The summed E-state index contributed by atoms with van der Waals surface area (Å²) in [6, 6.07) is 8.57. The zero-order valence-electron chi connectivity index (χ0n) is 19.3. The van der Waals surface area contributed by atoms with Crippen molar-refractivity contribution in [1.82, 2.24) is 20.5 Å². The molecular formula is C23H36IN5OS. The molecule has 0 amide bonds. The Kier molecular flexibility index (Phi) is 10.0. The van der Waals surface area contributed by atoms with Crippen molar-refractivity contribution in [3.05, 3.63) is 45.9 Å². The molecule has 6 nitrogen and oxygen atoms in total. The third-order valence-corrected chi connectivity index (χ3v) is 6.71. The van der Waals surface area contributed by atoms with Crippen LogP contribution < -0.4 is 15.4 Å². The Labute approximate surface area is 207 Å². The molecule has 31 heavy (non-hydrogen) atoms. The molecule has 8 heteroatoms. The van der Waals surface area contributed by atoms with Crippen molar-refractivity contribution in [2.24, 2.45) is 4.99 Å². The van der Waals surface area contributed by atoms with E-state index in [1.165, 1.54) is 18.4 Å². The summed E-state index contributed by atoms with van der Waals surface area (Å²) in [5.41, 5.74) is 2.36. The molecule has 2 N–H and O–H groups in total. The van der Waals surface area contributed by atoms with Gasteiger partial charge >= 0.3 is 0 Å². The Balaban J connectivity index is 0.00000341. The molecular weight excluding hydrogens is 521 g/mol. The second-order valence-corrected chi connectivity index (χ2v) is 9.56. The molecule has 0 aliphatic carbocycles. The standard InChI is InChI=1S/C23H35N5OS.HI/c1-23(2,3)21-27-17(16-30-21)14-25-22(24-4)26-15-19(28-12-8-9-13-28)18-10-6-7-11-20(18)29-5;/h6-7,10-11,16,19H,8-9,12-15H2,1-5H3,(H2,24,25,26);1H. The molecule has 1 atom stereocenters. The van der Waals surface area contributed by atoms with Gasteiger partial charge in [0.15, 0.2) is 5.96 Å². The van der Waals surface area contributed by atoms with Crippen LogP contribution in [-0.4, -0.2) is 49.6 Å². The van der Waals surface area contributed by atoms with Crippen LogP contribution >= 0.6 is 35.3 Å². The van der Waals surface area contributed by atoms with Crippen molar-refractivity contribution in [1.29, 1.82) is 0 Å². The van der Waals surface area contributed by atoms with Crippen LogP contribution in [0.1, 0.15) is 55.9 Å². The summed E-state index contributed by atoms with van der Waals surface area (Å²) in [6.07, 6.45) is 2.50. The quantitative estimate of drug-likeness (QED) is 0.297. The van der Waals surface area contributed by atoms with Crippen molar-refractivity contribution in [2.45, 2.75) is 51.6 Å². The third kappa shape index (κ3) is 7.05. The van der Waals surface area contributed by atoms with Gasteiger partial charge in [0.05, 0.1) is 30.4 Å². The first kappa shape index (κ1) is 25.9. The Morgan fingerprint density at radius 1 is 1.23 bits per heavy atom. The molecule has 2 aromatic rings. The number of ether oxygens (including phenoxy) is 1. The van der Waals surface area contributed by atoms with Gasteiger partial charge in [-0.15, -0.1) is 35.3 Å². The van der Waals surface area contributed by atoms with E-state index in [1.807, 2.05) is 19.2 Å². The van der Waals surface area contributed by atoms with Crippen LogP contribution in [0.3, 0.4) is 0 Å². The van der Waals surface area contributed by atoms with Crippen molar-refractivity contribution >= 4 is 41.3 Å². The maximum Gasteiger partial charge on any atom is 0.191 e. The predicted molar refractivity (Wildman–Crippen MR) is 141 cm³/mol. The van der Waals surface area contributed by atoms with Crippen LogP contribution in [0, 0.1) is 0 Å². The van der Waals surface area contributed by atoms with E-state index in [2.05, 4.69) is 58.8 Å². The van der Waals surface area contributed by atoms with Gasteiger partial charge in [-0.3, -0.25) is 9.89 Å². The van der Waals surface area contributed by atoms with Gasteiger partial charge in [-0.25, -0.2) is 4.98 Å². The molecule has 0 spiro atoms. The highest BCUT2D eigenvalue weighted by molar-refractivity contribution is 14.0. The van der Waals surface area contributed by atoms with Gasteiger partial charge in [-0.1, -0.05) is 39.0 Å². The van der Waals surface area contributed by atoms with Crippen molar-refractivity contribution in [3.63, 3.8) is 0 Å². The van der Waals surface area contributed by atoms with Gasteiger partial charge in [0, 0.05) is 30.0 Å². The summed E-state index contributed by atoms with van der Waals surface area (Å²) in [7, 11) is 3.55. The lowest BCUT2D eigenvalue weighted by molar-refractivity contribution is 0.239. The molecule has 1 aliphatic rings. The summed E-state index contributed by atoms with van der Waals surface area (Å²) < 4.78 is 5.65. The zero-order chi connectivity index (χ0) is 21.6. The number of methoxy groups -OCH3 is 1. The molecule has 1 aliphatic heterocycles. The molecule has 1 unspecified atom stereocenters. The van der Waals surface area contributed by atoms with Crippen LogP contribution in [0.25, 0.3) is 0 Å². The first-order valence-corrected chi connectivity index (χ1v) is 11.6. The number of nitrogens with one attached hydrogen (secondary N) is 2. The Morgan fingerprint density at radius 2 is 1.94 bits per heavy atom. The smallest absolute Gasteiger partial charge is 0.191 e. The van der Waals surface area contributed by atoms with Crippen LogP contribution in [0.15, 0.2) is 34.6 Å². The number of nitrogens with zero attached hydrogens (tertiary/aromatic N) is 3. The van der Waals surface area contributed by atoms with Gasteiger partial charge in [-0.2, -0.15) is 0 Å². The van der Waals surface area contributed by atoms with Crippen LogP contribution in [-0.2, 0) is 12.0 Å². The summed E-state index contributed by atoms with van der Waals surface area (Å²) in [5.74, 6) is 1.73. The highest BCUT2D eigenvalue weighted by Crippen LogP contribution is 2.31. The van der Waals surface area contributed by atoms with E-state index in [0.29, 0.717) is 6.54 Å². The molecule has 1 aromatic carbocycles. The summed E-state index contributed by atoms with van der Waals surface area (Å²) >= 11 is 1.72. The van der Waals surface area contributed by atoms with E-state index in [1.54, 1.807) is 18.4 Å². The van der Waals surface area contributed by atoms with E-state index >= 15 is 0 Å². The molecule has 172 valence electrons. The van der Waals surface area contributed by atoms with Crippen LogP contribution in [0.4, 0.5) is 0 Å². The molecule has 2 heterocycles. The predicted octanol–water partition coefficient (Wildman–Crippen LogP) is 4.57. The first-order chi connectivity index (χ1) is 14.4. The number of rotatable bonds is 7. The molecule has 0 radical (unpaired) electrons. The Bertz CT molecular complexity index is 842. The summed E-state index contributed by atoms with van der Waals surface area (Å²) in [6.45, 7) is 10.2. The number of guanidine groups is 1. The number of hydrogen-bond acceptors (Lipinski definition) is 5. The average Bonchev–Trinajstić information content (AvgIpc) is 3.43. The number of para-hydroxylation sites is 1. The molecule has 1 saturated heterocycles. The highest BCUT2D eigenvalue weighted by atomic mass is 127. The van der Waals surface area contributed by atoms with Crippen molar-refractivity contribution in [2.75, 3.05) is 33.8 Å². The summed E-state index contributed by atoms with van der Waals surface area (Å²) in [4.78, 5) is 11.7. The maximum atomic E-state index is 5.65. The molecule has 0 bridgehead atoms. The van der Waals surface area contributed by atoms with E-state index in [-0.39, 0.29) is 35.4 Å². The number of hydrogen-bond donors (Lipinski definition) is 2. The number of likely N-dealkylation sites (tertiary alicyclic amines) is 1. The van der Waals surface area contributed by atoms with Gasteiger partial charge in [0.25, 0.3) is 0 Å². The van der Waals surface area contributed by atoms with E-state index in [4.69, 9.17) is 9.72 Å². The number of aromatic nitrogens is 1. The molecule has 3 rings (SSSR count). The average molecular weight is 558 g/mol. The third-order valence-electron chi connectivity index (χ3n) is 5.40. The van der Waals surface area contributed by atoms with E-state index < -0.39 is 0 Å². The van der Waals surface area contributed by atoms with Crippen LogP contribution in [0.2, 0.25) is 0 Å². The van der Waals surface area contributed by atoms with Crippen molar-refractivity contribution in [3.8, 4) is 5.75 Å². The Morgan fingerprint density at radius 3 is 2.55 bits per heavy atom. The molecule has 0 saturated carbocycles. The number of aliphatic imine (C=N–C) groups is 1. The zero-order valence-corrected chi connectivity index (χ0v) is 22.4. The van der Waals surface area contributed by atoms with Gasteiger partial charge in [0.2, 0.25) is 0 Å². The maximum absolute atomic E-state index is 5.65. The fourth-order valence-corrected chi connectivity index (χ4v) is 4.66. The normalized spacial score (nSPS) is 16.0. The van der Waals surface area contributed by atoms with E-state index in [0.717, 1.165) is 42.0 Å². The van der Waals surface area contributed by atoms with Crippen molar-refractivity contribution < 1.29 is 4.74 Å². The Hall–Kier alpha value is -1.39. The van der Waals surface area contributed by atoms with E-state index in [9.17, 15) is 0 Å². The molecule has 1 aromatic heterocycles. The second-order valence-electron chi connectivity index (χ2n) is 8.70. The first-order valence-electron chi connectivity index (χ1n) is 10.7. The largest absolute Gasteiger partial charge is 0.496 e. The van der Waals surface area contributed by atoms with Gasteiger partial charge in [0.1, 0.15) is 5.75 Å². The SMILES string of the molecule is CN=C(NCc1csc(C(C)(C)C)n1)NCC(c1ccccc1OC)N1CCCC1.I. The topological polar surface area (TPSA) is 61.8 Å². The highest BCUT2D eigenvalue weighted by Gasteiger charge is 2.26. The fourth-order valence-electron chi connectivity index (χ4n) is 3.75. The van der Waals surface area contributed by atoms with Crippen LogP contribution in [0.5, 0.6) is 5.75 Å². The monoisotopic (exact) mass is 557 g/mol. The second kappa shape index (κ2) is 12.0. The lowest BCUT2D eigenvalue weighted by Gasteiger charge is -2.30. The van der Waals surface area contributed by atoms with Gasteiger partial charge in [-0.05, 0) is 32.0 Å². The number of benzene rings is 1. The lowest BCUT2D eigenvalue weighted by atomic mass is 9.98. The number of halogens is 1. The minimum atomic E-state index is 0. The number of thiazole rings is 1. The minimum Gasteiger partial charge on any atom is -0.496 e. The lowest BCUT2D eigenvalue weighted by Crippen LogP contribution is -2.42.